The monoisotopic (exact) mass is 403 g/mol. The van der Waals surface area contributed by atoms with Gasteiger partial charge in [0.25, 0.3) is 0 Å². The summed E-state index contributed by atoms with van der Waals surface area (Å²) in [5, 5.41) is 14.8. The second-order valence-electron chi connectivity index (χ2n) is 6.65. The van der Waals surface area contributed by atoms with Crippen molar-refractivity contribution in [3.8, 4) is 0 Å². The molecule has 1 aromatic carbocycles. The van der Waals surface area contributed by atoms with Gasteiger partial charge in [0.05, 0.1) is 17.3 Å². The summed E-state index contributed by atoms with van der Waals surface area (Å²) in [4.78, 5) is 8.24. The minimum Gasteiger partial charge on any atom is -0.390 e. The number of pyridine rings is 1. The molecule has 1 atom stereocenters. The highest BCUT2D eigenvalue weighted by molar-refractivity contribution is 7.89. The van der Waals surface area contributed by atoms with Crippen LogP contribution in [0.1, 0.15) is 6.42 Å². The largest absolute Gasteiger partial charge is 0.390 e. The van der Waals surface area contributed by atoms with Gasteiger partial charge in [0.2, 0.25) is 10.0 Å². The smallest absolute Gasteiger partial charge is 0.243 e. The van der Waals surface area contributed by atoms with Crippen LogP contribution in [-0.2, 0) is 16.6 Å². The van der Waals surface area contributed by atoms with Gasteiger partial charge in [-0.25, -0.2) is 13.4 Å². The number of nitrogens with zero attached hydrogens (tertiary/aromatic N) is 4. The first-order chi connectivity index (χ1) is 13.5. The van der Waals surface area contributed by atoms with Crippen molar-refractivity contribution < 1.29 is 13.5 Å². The third-order valence-electron chi connectivity index (χ3n) is 4.51. The van der Waals surface area contributed by atoms with Gasteiger partial charge in [-0.05, 0) is 25.1 Å². The SMILES string of the molecule is CN(CC(O)CNCCCn1ccnc1)S(=O)(=O)c1cccc2cnccc12. The lowest BCUT2D eigenvalue weighted by atomic mass is 10.2. The molecule has 2 N–H and O–H groups in total. The van der Waals surface area contributed by atoms with Gasteiger partial charge in [-0.1, -0.05) is 12.1 Å². The number of hydrogen-bond donors (Lipinski definition) is 2. The van der Waals surface area contributed by atoms with Crippen molar-refractivity contribution in [2.45, 2.75) is 24.0 Å². The van der Waals surface area contributed by atoms with Crippen LogP contribution in [0.5, 0.6) is 0 Å². The van der Waals surface area contributed by atoms with Crippen LogP contribution in [0.15, 0.2) is 60.3 Å². The summed E-state index contributed by atoms with van der Waals surface area (Å²) in [6.45, 7) is 1.90. The highest BCUT2D eigenvalue weighted by Crippen LogP contribution is 2.24. The average molecular weight is 404 g/mol. The average Bonchev–Trinajstić information content (AvgIpc) is 3.20. The molecule has 150 valence electrons. The van der Waals surface area contributed by atoms with Gasteiger partial charge in [0.1, 0.15) is 0 Å². The molecule has 0 fully saturated rings. The number of likely N-dealkylation sites (N-methyl/N-ethyl adjacent to an activating group) is 1. The zero-order valence-corrected chi connectivity index (χ0v) is 16.6. The molecule has 1 unspecified atom stereocenters. The molecule has 0 saturated carbocycles. The van der Waals surface area contributed by atoms with Gasteiger partial charge in [0, 0.05) is 62.2 Å². The zero-order chi connectivity index (χ0) is 20.0. The lowest BCUT2D eigenvalue weighted by Gasteiger charge is -2.21. The molecule has 0 saturated heterocycles. The first-order valence-corrected chi connectivity index (χ1v) is 10.6. The highest BCUT2D eigenvalue weighted by atomic mass is 32.2. The number of hydrogen-bond acceptors (Lipinski definition) is 6. The van der Waals surface area contributed by atoms with Gasteiger partial charge in [-0.3, -0.25) is 4.98 Å². The molecule has 0 radical (unpaired) electrons. The maximum Gasteiger partial charge on any atom is 0.243 e. The molecule has 0 bridgehead atoms. The molecule has 0 spiro atoms. The normalized spacial score (nSPS) is 13.2. The lowest BCUT2D eigenvalue weighted by molar-refractivity contribution is 0.150. The Morgan fingerprint density at radius 2 is 2.11 bits per heavy atom. The van der Waals surface area contributed by atoms with Crippen LogP contribution < -0.4 is 5.32 Å². The number of nitrogens with one attached hydrogen (secondary N) is 1. The van der Waals surface area contributed by atoms with Crippen molar-refractivity contribution in [2.24, 2.45) is 0 Å². The summed E-state index contributed by atoms with van der Waals surface area (Å²) in [6.07, 6.45) is 8.70. The maximum absolute atomic E-state index is 13.0. The Hall–Kier alpha value is -2.33. The molecule has 2 aromatic heterocycles. The molecule has 0 aliphatic rings. The van der Waals surface area contributed by atoms with Crippen molar-refractivity contribution in [1.29, 1.82) is 0 Å². The quantitative estimate of drug-likeness (QED) is 0.492. The number of imidazole rings is 1. The van der Waals surface area contributed by atoms with Crippen LogP contribution in [0.2, 0.25) is 0 Å². The van der Waals surface area contributed by atoms with Gasteiger partial charge in [-0.2, -0.15) is 4.31 Å². The van der Waals surface area contributed by atoms with E-state index in [0.717, 1.165) is 24.9 Å². The Labute approximate surface area is 164 Å². The van der Waals surface area contributed by atoms with Crippen LogP contribution in [0, 0.1) is 0 Å². The van der Waals surface area contributed by atoms with Crippen molar-refractivity contribution in [3.05, 3.63) is 55.4 Å². The van der Waals surface area contributed by atoms with Crippen molar-refractivity contribution in [3.63, 3.8) is 0 Å². The Kier molecular flexibility index (Phi) is 6.74. The van der Waals surface area contributed by atoms with Gasteiger partial charge in [0.15, 0.2) is 0 Å². The molecule has 0 amide bonds. The van der Waals surface area contributed by atoms with E-state index in [0.29, 0.717) is 11.9 Å². The third-order valence-corrected chi connectivity index (χ3v) is 6.39. The second kappa shape index (κ2) is 9.24. The predicted molar refractivity (Wildman–Crippen MR) is 107 cm³/mol. The summed E-state index contributed by atoms with van der Waals surface area (Å²) < 4.78 is 29.1. The zero-order valence-electron chi connectivity index (χ0n) is 15.8. The molecule has 28 heavy (non-hydrogen) atoms. The number of aromatic nitrogens is 3. The topological polar surface area (TPSA) is 100 Å². The van der Waals surface area contributed by atoms with E-state index in [-0.39, 0.29) is 11.4 Å². The molecule has 0 aliphatic carbocycles. The first-order valence-electron chi connectivity index (χ1n) is 9.12. The van der Waals surface area contributed by atoms with E-state index in [1.54, 1.807) is 43.1 Å². The van der Waals surface area contributed by atoms with Gasteiger partial charge >= 0.3 is 0 Å². The Balaban J connectivity index is 1.53. The predicted octanol–water partition coefficient (Wildman–Crippen LogP) is 1.09. The number of fused-ring (bicyclic) bond motifs is 1. The van der Waals surface area contributed by atoms with Gasteiger partial charge < -0.3 is 15.0 Å². The second-order valence-corrected chi connectivity index (χ2v) is 8.66. The Morgan fingerprint density at radius 3 is 2.89 bits per heavy atom. The molecule has 8 nitrogen and oxygen atoms in total. The van der Waals surface area contributed by atoms with E-state index in [1.807, 2.05) is 16.8 Å². The van der Waals surface area contributed by atoms with E-state index >= 15 is 0 Å². The maximum atomic E-state index is 13.0. The van der Waals surface area contributed by atoms with E-state index in [1.165, 1.54) is 11.4 Å². The molecule has 2 heterocycles. The highest BCUT2D eigenvalue weighted by Gasteiger charge is 2.24. The standard InChI is InChI=1S/C19H25N5O3S/c1-23(14-17(25)13-20-7-3-10-24-11-9-22-15-24)28(26,27)19-5-2-4-16-12-21-8-6-18(16)19/h2,4-6,8-9,11-12,15,17,20,25H,3,7,10,13-14H2,1H3. The van der Waals surface area contributed by atoms with Crippen LogP contribution >= 0.6 is 0 Å². The number of aliphatic hydroxyl groups excluding tert-OH is 1. The summed E-state index contributed by atoms with van der Waals surface area (Å²) in [7, 11) is -2.23. The minimum atomic E-state index is -3.72. The molecule has 9 heteroatoms. The number of aliphatic hydroxyl groups is 1. The molecule has 3 aromatic rings. The van der Waals surface area contributed by atoms with Crippen LogP contribution in [0.4, 0.5) is 0 Å². The van der Waals surface area contributed by atoms with Crippen LogP contribution in [-0.4, -0.2) is 65.2 Å². The van der Waals surface area contributed by atoms with E-state index in [4.69, 9.17) is 0 Å². The van der Waals surface area contributed by atoms with Crippen molar-refractivity contribution >= 4 is 20.8 Å². The lowest BCUT2D eigenvalue weighted by Crippen LogP contribution is -2.39. The fourth-order valence-electron chi connectivity index (χ4n) is 3.02. The van der Waals surface area contributed by atoms with Crippen LogP contribution in [0.25, 0.3) is 10.8 Å². The molecular weight excluding hydrogens is 378 g/mol. The number of benzene rings is 1. The number of aryl methyl sites for hydroxylation is 1. The molecular formula is C19H25N5O3S. The molecule has 0 aliphatic heterocycles. The van der Waals surface area contributed by atoms with Gasteiger partial charge in [-0.15, -0.1) is 0 Å². The Bertz CT molecular complexity index is 986. The van der Waals surface area contributed by atoms with Crippen molar-refractivity contribution in [1.82, 2.24) is 24.2 Å². The summed E-state index contributed by atoms with van der Waals surface area (Å²) in [5.74, 6) is 0. The fourth-order valence-corrected chi connectivity index (χ4v) is 4.44. The van der Waals surface area contributed by atoms with Crippen LogP contribution in [0.3, 0.4) is 0 Å². The summed E-state index contributed by atoms with van der Waals surface area (Å²) >= 11 is 0. The van der Waals surface area contributed by atoms with E-state index < -0.39 is 16.1 Å². The number of rotatable bonds is 10. The van der Waals surface area contributed by atoms with E-state index in [9.17, 15) is 13.5 Å². The van der Waals surface area contributed by atoms with Crippen molar-refractivity contribution in [2.75, 3.05) is 26.7 Å². The van der Waals surface area contributed by atoms with E-state index in [2.05, 4.69) is 15.3 Å². The summed E-state index contributed by atoms with van der Waals surface area (Å²) in [5.41, 5.74) is 0. The summed E-state index contributed by atoms with van der Waals surface area (Å²) in [6, 6.07) is 6.79. The fraction of sp³-hybridized carbons (Fsp3) is 0.368. The molecule has 3 rings (SSSR count). The third kappa shape index (κ3) is 4.93. The minimum absolute atomic E-state index is 0.0122. The number of sulfonamides is 1. The Morgan fingerprint density at radius 1 is 1.25 bits per heavy atom. The first kappa shape index (κ1) is 20.4.